The summed E-state index contributed by atoms with van der Waals surface area (Å²) in [5, 5.41) is 1.16. The van der Waals surface area contributed by atoms with Gasteiger partial charge in [-0.3, -0.25) is 0 Å². The maximum atomic E-state index is 13.8. The van der Waals surface area contributed by atoms with Crippen LogP contribution in [0, 0.1) is 11.7 Å². The molecular formula is C20H25FN2O2. The Morgan fingerprint density at radius 3 is 2.68 bits per heavy atom. The summed E-state index contributed by atoms with van der Waals surface area (Å²) in [6.07, 6.45) is 6.44. The molecular weight excluding hydrogens is 319 g/mol. The number of ether oxygens (including phenoxy) is 1. The van der Waals surface area contributed by atoms with Crippen molar-refractivity contribution in [2.24, 2.45) is 5.92 Å². The Bertz CT molecular complexity index is 773. The van der Waals surface area contributed by atoms with Gasteiger partial charge >= 0.3 is 6.09 Å². The van der Waals surface area contributed by atoms with E-state index in [9.17, 15) is 9.18 Å². The van der Waals surface area contributed by atoms with E-state index in [0.29, 0.717) is 12.5 Å². The molecule has 2 fully saturated rings. The van der Waals surface area contributed by atoms with Gasteiger partial charge in [0.1, 0.15) is 5.82 Å². The molecule has 25 heavy (non-hydrogen) atoms. The van der Waals surface area contributed by atoms with Gasteiger partial charge in [0, 0.05) is 31.2 Å². The Balaban J connectivity index is 1.56. The van der Waals surface area contributed by atoms with E-state index in [4.69, 9.17) is 4.74 Å². The number of aromatic nitrogens is 1. The van der Waals surface area contributed by atoms with Gasteiger partial charge in [0.05, 0.1) is 12.1 Å². The summed E-state index contributed by atoms with van der Waals surface area (Å²) < 4.78 is 21.1. The molecule has 1 aliphatic carbocycles. The molecule has 0 atom stereocenters. The second kappa shape index (κ2) is 6.70. The standard InChI is InChI=1S/C20H25FN2O2/c1-2-25-20(24)22-9-7-15(8-10-22)18-13-23(12-14-3-4-14)19-11-16(21)5-6-17(18)19/h5-6,11,13-15H,2-4,7-10,12H2,1H3. The fourth-order valence-corrected chi connectivity index (χ4v) is 3.94. The molecule has 4 nitrogen and oxygen atoms in total. The molecule has 2 heterocycles. The molecule has 0 radical (unpaired) electrons. The number of hydrogen-bond acceptors (Lipinski definition) is 2. The maximum Gasteiger partial charge on any atom is 0.409 e. The van der Waals surface area contributed by atoms with Crippen molar-refractivity contribution in [3.8, 4) is 0 Å². The largest absolute Gasteiger partial charge is 0.450 e. The van der Waals surface area contributed by atoms with Crippen LogP contribution < -0.4 is 0 Å². The van der Waals surface area contributed by atoms with Crippen LogP contribution in [-0.4, -0.2) is 35.3 Å². The normalized spacial score (nSPS) is 18.7. The second-order valence-corrected chi connectivity index (χ2v) is 7.30. The number of nitrogens with zero attached hydrogens (tertiary/aromatic N) is 2. The predicted molar refractivity (Wildman–Crippen MR) is 95.2 cm³/mol. The summed E-state index contributed by atoms with van der Waals surface area (Å²) in [5.74, 6) is 0.989. The molecule has 0 unspecified atom stereocenters. The topological polar surface area (TPSA) is 34.5 Å². The molecule has 134 valence electrons. The van der Waals surface area contributed by atoms with Gasteiger partial charge in [-0.15, -0.1) is 0 Å². The average Bonchev–Trinajstić information content (AvgIpc) is 3.37. The van der Waals surface area contributed by atoms with Gasteiger partial charge in [-0.25, -0.2) is 9.18 Å². The number of piperidine rings is 1. The summed E-state index contributed by atoms with van der Waals surface area (Å²) >= 11 is 0. The smallest absolute Gasteiger partial charge is 0.409 e. The zero-order valence-electron chi connectivity index (χ0n) is 14.7. The Labute approximate surface area is 147 Å². The minimum Gasteiger partial charge on any atom is -0.450 e. The van der Waals surface area contributed by atoms with Crippen molar-refractivity contribution < 1.29 is 13.9 Å². The van der Waals surface area contributed by atoms with Crippen LogP contribution in [0.2, 0.25) is 0 Å². The lowest BCUT2D eigenvalue weighted by molar-refractivity contribution is 0.0971. The third kappa shape index (κ3) is 3.37. The van der Waals surface area contributed by atoms with Crippen LogP contribution in [0.15, 0.2) is 24.4 Å². The molecule has 1 amide bonds. The zero-order chi connectivity index (χ0) is 17.4. The van der Waals surface area contributed by atoms with Crippen LogP contribution in [-0.2, 0) is 11.3 Å². The minimum absolute atomic E-state index is 0.175. The molecule has 1 saturated carbocycles. The summed E-state index contributed by atoms with van der Waals surface area (Å²) in [5.41, 5.74) is 2.31. The number of rotatable bonds is 4. The third-order valence-electron chi connectivity index (χ3n) is 5.49. The van der Waals surface area contributed by atoms with E-state index < -0.39 is 0 Å². The molecule has 1 aliphatic heterocycles. The van der Waals surface area contributed by atoms with E-state index in [0.717, 1.165) is 49.3 Å². The lowest BCUT2D eigenvalue weighted by Gasteiger charge is -2.31. The fraction of sp³-hybridized carbons (Fsp3) is 0.550. The lowest BCUT2D eigenvalue weighted by Crippen LogP contribution is -2.38. The van der Waals surface area contributed by atoms with Gasteiger partial charge in [-0.05, 0) is 68.2 Å². The van der Waals surface area contributed by atoms with Crippen LogP contribution in [0.3, 0.4) is 0 Å². The van der Waals surface area contributed by atoms with Crippen molar-refractivity contribution in [3.63, 3.8) is 0 Å². The van der Waals surface area contributed by atoms with Crippen molar-refractivity contribution in [1.29, 1.82) is 0 Å². The molecule has 4 rings (SSSR count). The SMILES string of the molecule is CCOC(=O)N1CCC(c2cn(CC3CC3)c3cc(F)ccc23)CC1. The van der Waals surface area contributed by atoms with Crippen LogP contribution >= 0.6 is 0 Å². The first-order chi connectivity index (χ1) is 12.2. The quantitative estimate of drug-likeness (QED) is 0.817. The Hall–Kier alpha value is -2.04. The summed E-state index contributed by atoms with van der Waals surface area (Å²) in [6, 6.07) is 5.14. The van der Waals surface area contributed by atoms with Crippen molar-refractivity contribution in [3.05, 3.63) is 35.8 Å². The van der Waals surface area contributed by atoms with E-state index in [1.807, 2.05) is 13.0 Å². The number of carbonyl (C=O) groups is 1. The fourth-order valence-electron chi connectivity index (χ4n) is 3.94. The van der Waals surface area contributed by atoms with E-state index in [1.54, 1.807) is 17.0 Å². The summed E-state index contributed by atoms with van der Waals surface area (Å²) in [7, 11) is 0. The first-order valence-corrected chi connectivity index (χ1v) is 9.35. The highest BCUT2D eigenvalue weighted by molar-refractivity contribution is 5.84. The molecule has 1 aromatic heterocycles. The molecule has 2 aliphatic rings. The Morgan fingerprint density at radius 2 is 2.00 bits per heavy atom. The van der Waals surface area contributed by atoms with Gasteiger partial charge < -0.3 is 14.2 Å². The first kappa shape index (κ1) is 16.4. The van der Waals surface area contributed by atoms with Crippen molar-refractivity contribution in [2.75, 3.05) is 19.7 Å². The van der Waals surface area contributed by atoms with Crippen LogP contribution in [0.25, 0.3) is 10.9 Å². The van der Waals surface area contributed by atoms with E-state index in [1.165, 1.54) is 18.4 Å². The summed E-state index contributed by atoms with van der Waals surface area (Å²) in [4.78, 5) is 13.7. The maximum absolute atomic E-state index is 13.8. The van der Waals surface area contributed by atoms with E-state index in [-0.39, 0.29) is 11.9 Å². The Morgan fingerprint density at radius 1 is 1.24 bits per heavy atom. The summed E-state index contributed by atoms with van der Waals surface area (Å²) in [6.45, 7) is 4.68. The van der Waals surface area contributed by atoms with Crippen molar-refractivity contribution >= 4 is 17.0 Å². The van der Waals surface area contributed by atoms with Gasteiger partial charge in [-0.1, -0.05) is 0 Å². The number of amides is 1. The number of hydrogen-bond donors (Lipinski definition) is 0. The monoisotopic (exact) mass is 344 g/mol. The van der Waals surface area contributed by atoms with Gasteiger partial charge in [0.25, 0.3) is 0 Å². The van der Waals surface area contributed by atoms with Gasteiger partial charge in [0.15, 0.2) is 0 Å². The predicted octanol–water partition coefficient (Wildman–Crippen LogP) is 4.53. The van der Waals surface area contributed by atoms with Gasteiger partial charge in [-0.2, -0.15) is 0 Å². The number of halogens is 1. The highest BCUT2D eigenvalue weighted by Gasteiger charge is 2.28. The molecule has 2 aromatic rings. The number of benzene rings is 1. The van der Waals surface area contributed by atoms with Crippen LogP contribution in [0.5, 0.6) is 0 Å². The van der Waals surface area contributed by atoms with Crippen LogP contribution in [0.4, 0.5) is 9.18 Å². The first-order valence-electron chi connectivity index (χ1n) is 9.35. The van der Waals surface area contributed by atoms with Gasteiger partial charge in [0.2, 0.25) is 0 Å². The molecule has 1 saturated heterocycles. The number of fused-ring (bicyclic) bond motifs is 1. The van der Waals surface area contributed by atoms with E-state index in [2.05, 4.69) is 10.8 Å². The molecule has 5 heteroatoms. The lowest BCUT2D eigenvalue weighted by atomic mass is 9.89. The molecule has 0 N–H and O–H groups in total. The number of likely N-dealkylation sites (tertiary alicyclic amines) is 1. The third-order valence-corrected chi connectivity index (χ3v) is 5.49. The Kier molecular flexibility index (Phi) is 4.40. The molecule has 0 spiro atoms. The average molecular weight is 344 g/mol. The second-order valence-electron chi connectivity index (χ2n) is 7.30. The highest BCUT2D eigenvalue weighted by Crippen LogP contribution is 2.37. The van der Waals surface area contributed by atoms with Crippen molar-refractivity contribution in [1.82, 2.24) is 9.47 Å². The minimum atomic E-state index is -0.209. The molecule has 0 bridgehead atoms. The number of carbonyl (C=O) groups excluding carboxylic acids is 1. The van der Waals surface area contributed by atoms with Crippen LogP contribution in [0.1, 0.15) is 44.1 Å². The molecule has 1 aromatic carbocycles. The highest BCUT2D eigenvalue weighted by atomic mass is 19.1. The van der Waals surface area contributed by atoms with Crippen molar-refractivity contribution in [2.45, 2.75) is 45.1 Å². The van der Waals surface area contributed by atoms with E-state index >= 15 is 0 Å². The zero-order valence-corrected chi connectivity index (χ0v) is 14.7.